The van der Waals surface area contributed by atoms with Gasteiger partial charge >= 0.3 is 0 Å². The highest BCUT2D eigenvalue weighted by atomic mass is 32.1. The molecule has 0 saturated carbocycles. The lowest BCUT2D eigenvalue weighted by atomic mass is 10.2. The number of hydrogen-bond acceptors (Lipinski definition) is 4. The molecule has 6 heteroatoms. The standard InChI is InChI=1S/C12H15N5S/c1-9(8-17-6-2-5-15-17)16-11-4-3-10(7-14-11)12(13)18/h2-7,9H,8H2,1H3,(H2,13,18)(H,14,16). The summed E-state index contributed by atoms with van der Waals surface area (Å²) in [7, 11) is 0. The summed E-state index contributed by atoms with van der Waals surface area (Å²) in [4.78, 5) is 4.62. The molecule has 18 heavy (non-hydrogen) atoms. The Kier molecular flexibility index (Phi) is 3.88. The summed E-state index contributed by atoms with van der Waals surface area (Å²) >= 11 is 4.88. The number of aromatic nitrogens is 3. The van der Waals surface area contributed by atoms with E-state index in [0.717, 1.165) is 17.9 Å². The van der Waals surface area contributed by atoms with E-state index in [0.29, 0.717) is 4.99 Å². The second kappa shape index (κ2) is 5.59. The topological polar surface area (TPSA) is 68.8 Å². The van der Waals surface area contributed by atoms with Crippen molar-refractivity contribution in [1.29, 1.82) is 0 Å². The molecule has 2 heterocycles. The minimum absolute atomic E-state index is 0.230. The molecule has 2 rings (SSSR count). The first-order valence-corrected chi connectivity index (χ1v) is 6.06. The van der Waals surface area contributed by atoms with Gasteiger partial charge in [0.2, 0.25) is 0 Å². The van der Waals surface area contributed by atoms with E-state index >= 15 is 0 Å². The number of nitrogens with two attached hydrogens (primary N) is 1. The zero-order valence-electron chi connectivity index (χ0n) is 10.1. The van der Waals surface area contributed by atoms with Crippen molar-refractivity contribution >= 4 is 23.0 Å². The lowest BCUT2D eigenvalue weighted by Gasteiger charge is -2.14. The van der Waals surface area contributed by atoms with Crippen molar-refractivity contribution in [2.24, 2.45) is 5.73 Å². The average Bonchev–Trinajstić information content (AvgIpc) is 2.82. The molecule has 3 N–H and O–H groups in total. The largest absolute Gasteiger partial charge is 0.389 e. The van der Waals surface area contributed by atoms with E-state index in [2.05, 4.69) is 22.3 Å². The smallest absolute Gasteiger partial charge is 0.126 e. The average molecular weight is 261 g/mol. The highest BCUT2D eigenvalue weighted by Gasteiger charge is 2.04. The maximum Gasteiger partial charge on any atom is 0.126 e. The quantitative estimate of drug-likeness (QED) is 0.797. The third-order valence-corrected chi connectivity index (χ3v) is 2.70. The Bertz CT molecular complexity index is 506. The molecule has 1 unspecified atom stereocenters. The van der Waals surface area contributed by atoms with Gasteiger partial charge in [0.15, 0.2) is 0 Å². The lowest BCUT2D eigenvalue weighted by molar-refractivity contribution is 0.560. The molecular formula is C12H15N5S. The highest BCUT2D eigenvalue weighted by molar-refractivity contribution is 7.80. The summed E-state index contributed by atoms with van der Waals surface area (Å²) in [5, 5.41) is 7.45. The Labute approximate surface area is 111 Å². The Morgan fingerprint density at radius 1 is 1.56 bits per heavy atom. The second-order valence-corrected chi connectivity index (χ2v) is 4.51. The Balaban J connectivity index is 1.94. The van der Waals surface area contributed by atoms with Gasteiger partial charge in [-0.15, -0.1) is 0 Å². The Morgan fingerprint density at radius 3 is 2.94 bits per heavy atom. The van der Waals surface area contributed by atoms with Crippen molar-refractivity contribution in [1.82, 2.24) is 14.8 Å². The van der Waals surface area contributed by atoms with Crippen LogP contribution in [0.2, 0.25) is 0 Å². The van der Waals surface area contributed by atoms with Crippen LogP contribution in [-0.4, -0.2) is 25.8 Å². The summed E-state index contributed by atoms with van der Waals surface area (Å²) in [5.74, 6) is 0.801. The van der Waals surface area contributed by atoms with Crippen LogP contribution in [0.5, 0.6) is 0 Å². The zero-order chi connectivity index (χ0) is 13.0. The molecule has 0 aromatic carbocycles. The fraction of sp³-hybridized carbons (Fsp3) is 0.250. The first kappa shape index (κ1) is 12.5. The summed E-state index contributed by atoms with van der Waals surface area (Å²) in [6.45, 7) is 2.86. The van der Waals surface area contributed by atoms with Crippen molar-refractivity contribution in [3.63, 3.8) is 0 Å². The number of nitrogens with zero attached hydrogens (tertiary/aromatic N) is 3. The SMILES string of the molecule is CC(Cn1cccn1)Nc1ccc(C(N)=S)cn1. The molecule has 2 aromatic rings. The maximum absolute atomic E-state index is 5.51. The fourth-order valence-electron chi connectivity index (χ4n) is 1.61. The number of nitrogens with one attached hydrogen (secondary N) is 1. The van der Waals surface area contributed by atoms with Gasteiger partial charge in [-0.25, -0.2) is 4.98 Å². The van der Waals surface area contributed by atoms with Gasteiger partial charge in [-0.1, -0.05) is 12.2 Å². The predicted octanol–water partition coefficient (Wildman–Crippen LogP) is 1.41. The molecule has 0 saturated heterocycles. The second-order valence-electron chi connectivity index (χ2n) is 4.07. The van der Waals surface area contributed by atoms with E-state index in [1.54, 1.807) is 12.4 Å². The molecule has 0 radical (unpaired) electrons. The van der Waals surface area contributed by atoms with Crippen molar-refractivity contribution in [3.05, 3.63) is 42.4 Å². The molecule has 0 aliphatic carbocycles. The molecule has 5 nitrogen and oxygen atoms in total. The minimum Gasteiger partial charge on any atom is -0.389 e. The maximum atomic E-state index is 5.51. The van der Waals surface area contributed by atoms with Crippen LogP contribution in [0.1, 0.15) is 12.5 Å². The molecule has 2 aromatic heterocycles. The van der Waals surface area contributed by atoms with Crippen LogP contribution in [0.3, 0.4) is 0 Å². The molecule has 94 valence electrons. The van der Waals surface area contributed by atoms with Gasteiger partial charge in [-0.05, 0) is 25.1 Å². The molecule has 0 bridgehead atoms. The number of rotatable bonds is 5. The summed E-state index contributed by atoms with van der Waals surface area (Å²) in [6, 6.07) is 5.86. The molecule has 0 amide bonds. The fourth-order valence-corrected chi connectivity index (χ4v) is 1.73. The van der Waals surface area contributed by atoms with Crippen LogP contribution in [0.15, 0.2) is 36.8 Å². The van der Waals surface area contributed by atoms with Crippen molar-refractivity contribution in [2.45, 2.75) is 19.5 Å². The first-order chi connectivity index (χ1) is 8.65. The Hall–Kier alpha value is -1.95. The minimum atomic E-state index is 0.230. The third-order valence-electron chi connectivity index (χ3n) is 2.46. The normalized spacial score (nSPS) is 12.1. The highest BCUT2D eigenvalue weighted by Crippen LogP contribution is 2.07. The van der Waals surface area contributed by atoms with E-state index in [9.17, 15) is 0 Å². The van der Waals surface area contributed by atoms with E-state index in [-0.39, 0.29) is 6.04 Å². The molecule has 1 atom stereocenters. The van der Waals surface area contributed by atoms with Crippen LogP contribution in [0.4, 0.5) is 5.82 Å². The molecule has 0 fully saturated rings. The molecule has 0 aliphatic heterocycles. The molecule has 0 spiro atoms. The van der Waals surface area contributed by atoms with Crippen molar-refractivity contribution in [2.75, 3.05) is 5.32 Å². The predicted molar refractivity (Wildman–Crippen MR) is 75.4 cm³/mol. The summed E-state index contributed by atoms with van der Waals surface area (Å²) in [6.07, 6.45) is 5.37. The van der Waals surface area contributed by atoms with Gasteiger partial charge in [0.25, 0.3) is 0 Å². The Morgan fingerprint density at radius 2 is 2.39 bits per heavy atom. The summed E-state index contributed by atoms with van der Waals surface area (Å²) in [5.41, 5.74) is 6.29. The third kappa shape index (κ3) is 3.27. The van der Waals surface area contributed by atoms with E-state index < -0.39 is 0 Å². The van der Waals surface area contributed by atoms with E-state index in [1.165, 1.54) is 0 Å². The number of anilines is 1. The van der Waals surface area contributed by atoms with Gasteiger partial charge in [0.05, 0.1) is 6.54 Å². The number of pyridine rings is 1. The van der Waals surface area contributed by atoms with Gasteiger partial charge < -0.3 is 11.1 Å². The van der Waals surface area contributed by atoms with Crippen LogP contribution in [0.25, 0.3) is 0 Å². The zero-order valence-corrected chi connectivity index (χ0v) is 10.9. The van der Waals surface area contributed by atoms with E-state index in [4.69, 9.17) is 18.0 Å². The van der Waals surface area contributed by atoms with Crippen LogP contribution in [0, 0.1) is 0 Å². The van der Waals surface area contributed by atoms with Crippen molar-refractivity contribution in [3.8, 4) is 0 Å². The van der Waals surface area contributed by atoms with Gasteiger partial charge in [0, 0.05) is 30.2 Å². The molecule has 0 aliphatic rings. The van der Waals surface area contributed by atoms with Crippen LogP contribution >= 0.6 is 12.2 Å². The van der Waals surface area contributed by atoms with Crippen molar-refractivity contribution < 1.29 is 0 Å². The first-order valence-electron chi connectivity index (χ1n) is 5.65. The van der Waals surface area contributed by atoms with Gasteiger partial charge in [-0.2, -0.15) is 5.10 Å². The molecular weight excluding hydrogens is 246 g/mol. The lowest BCUT2D eigenvalue weighted by Crippen LogP contribution is -2.22. The number of hydrogen-bond donors (Lipinski definition) is 2. The van der Waals surface area contributed by atoms with Crippen LogP contribution < -0.4 is 11.1 Å². The van der Waals surface area contributed by atoms with Crippen LogP contribution in [-0.2, 0) is 6.54 Å². The van der Waals surface area contributed by atoms with Gasteiger partial charge in [0.1, 0.15) is 10.8 Å². The monoisotopic (exact) mass is 261 g/mol. The summed E-state index contributed by atoms with van der Waals surface area (Å²) < 4.78 is 1.88. The van der Waals surface area contributed by atoms with Gasteiger partial charge in [-0.3, -0.25) is 4.68 Å². The number of thiocarbonyl (C=S) groups is 1. The van der Waals surface area contributed by atoms with E-state index in [1.807, 2.05) is 29.1 Å².